The molecule has 0 saturated heterocycles. The molecule has 0 atom stereocenters. The minimum Gasteiger partial charge on any atom is -0.267 e. The van der Waals surface area contributed by atoms with Crippen LogP contribution in [0.3, 0.4) is 0 Å². The van der Waals surface area contributed by atoms with Gasteiger partial charge in [-0.25, -0.2) is 5.43 Å². The van der Waals surface area contributed by atoms with Crippen molar-refractivity contribution in [3.63, 3.8) is 0 Å². The third-order valence-electron chi connectivity index (χ3n) is 2.81. The van der Waals surface area contributed by atoms with Crippen molar-refractivity contribution in [3.8, 4) is 0 Å². The molecular weight excluding hydrogens is 274 g/mol. The maximum atomic E-state index is 11.8. The van der Waals surface area contributed by atoms with Crippen LogP contribution in [0.25, 0.3) is 6.08 Å². The number of aromatic nitrogens is 1. The Balaban J connectivity index is 1.86. The van der Waals surface area contributed by atoms with Gasteiger partial charge in [-0.15, -0.1) is 0 Å². The Labute approximate surface area is 129 Å². The molecule has 1 heterocycles. The van der Waals surface area contributed by atoms with Gasteiger partial charge in [0.05, 0.1) is 5.71 Å². The van der Waals surface area contributed by atoms with Crippen molar-refractivity contribution in [1.82, 2.24) is 10.4 Å². The number of hydrazone groups is 1. The van der Waals surface area contributed by atoms with E-state index in [0.717, 1.165) is 5.56 Å². The van der Waals surface area contributed by atoms with Crippen LogP contribution in [0.5, 0.6) is 0 Å². The second-order valence-corrected chi connectivity index (χ2v) is 4.56. The lowest BCUT2D eigenvalue weighted by molar-refractivity contribution is 0.0954. The minimum atomic E-state index is -0.255. The van der Waals surface area contributed by atoms with E-state index >= 15 is 0 Å². The van der Waals surface area contributed by atoms with E-state index in [2.05, 4.69) is 15.5 Å². The molecule has 0 fully saturated rings. The second kappa shape index (κ2) is 8.32. The molecule has 1 aromatic carbocycles. The molecule has 0 radical (unpaired) electrons. The second-order valence-electron chi connectivity index (χ2n) is 4.56. The number of pyridine rings is 1. The van der Waals surface area contributed by atoms with Crippen molar-refractivity contribution in [2.45, 2.75) is 6.92 Å². The van der Waals surface area contributed by atoms with E-state index in [1.807, 2.05) is 61.6 Å². The van der Waals surface area contributed by atoms with Crippen molar-refractivity contribution in [3.05, 3.63) is 84.2 Å². The lowest BCUT2D eigenvalue weighted by Gasteiger charge is -1.99. The summed E-state index contributed by atoms with van der Waals surface area (Å²) in [6.45, 7) is 1.82. The van der Waals surface area contributed by atoms with Crippen LogP contribution < -0.4 is 5.43 Å². The molecule has 0 aliphatic carbocycles. The highest BCUT2D eigenvalue weighted by atomic mass is 16.2. The first-order valence-electron chi connectivity index (χ1n) is 6.90. The number of amides is 1. The predicted molar refractivity (Wildman–Crippen MR) is 89.4 cm³/mol. The average Bonchev–Trinajstić information content (AvgIpc) is 2.58. The van der Waals surface area contributed by atoms with Crippen molar-refractivity contribution >= 4 is 17.7 Å². The van der Waals surface area contributed by atoms with Crippen LogP contribution in [0.15, 0.2) is 78.2 Å². The van der Waals surface area contributed by atoms with Crippen LogP contribution in [0.1, 0.15) is 22.8 Å². The summed E-state index contributed by atoms with van der Waals surface area (Å²) < 4.78 is 0. The van der Waals surface area contributed by atoms with Crippen LogP contribution >= 0.6 is 0 Å². The molecule has 4 heteroatoms. The summed E-state index contributed by atoms with van der Waals surface area (Å²) in [6.07, 6.45) is 10.8. The first kappa shape index (κ1) is 15.4. The van der Waals surface area contributed by atoms with Crippen molar-refractivity contribution in [2.75, 3.05) is 0 Å². The molecule has 4 nitrogen and oxygen atoms in total. The maximum absolute atomic E-state index is 11.8. The first-order valence-corrected chi connectivity index (χ1v) is 6.90. The monoisotopic (exact) mass is 291 g/mol. The summed E-state index contributed by atoms with van der Waals surface area (Å²) in [4.78, 5) is 15.6. The zero-order valence-corrected chi connectivity index (χ0v) is 12.3. The van der Waals surface area contributed by atoms with E-state index < -0.39 is 0 Å². The molecule has 1 aromatic heterocycles. The quantitative estimate of drug-likeness (QED) is 0.521. The lowest BCUT2D eigenvalue weighted by Crippen LogP contribution is -2.18. The van der Waals surface area contributed by atoms with Crippen LogP contribution in [-0.2, 0) is 0 Å². The summed E-state index contributed by atoms with van der Waals surface area (Å²) >= 11 is 0. The molecule has 0 unspecified atom stereocenters. The predicted octanol–water partition coefficient (Wildman–Crippen LogP) is 3.46. The van der Waals surface area contributed by atoms with E-state index in [4.69, 9.17) is 0 Å². The van der Waals surface area contributed by atoms with Gasteiger partial charge in [0.25, 0.3) is 5.91 Å². The standard InChI is InChI=1S/C18H17N3O/c1-15(7-5-6-10-16-8-3-2-4-9-16)20-21-18(22)17-11-13-19-14-12-17/h2-14H,1H3,(H,21,22)/b7-5+,10-6+,20-15-. The van der Waals surface area contributed by atoms with Gasteiger partial charge in [-0.1, -0.05) is 48.6 Å². The highest BCUT2D eigenvalue weighted by Gasteiger charge is 2.01. The van der Waals surface area contributed by atoms with Crippen LogP contribution in [0.4, 0.5) is 0 Å². The first-order chi connectivity index (χ1) is 10.8. The molecule has 2 rings (SSSR count). The topological polar surface area (TPSA) is 54.4 Å². The largest absolute Gasteiger partial charge is 0.271 e. The van der Waals surface area contributed by atoms with Gasteiger partial charge in [0.15, 0.2) is 0 Å². The van der Waals surface area contributed by atoms with E-state index in [-0.39, 0.29) is 5.91 Å². The number of rotatable bonds is 5. The van der Waals surface area contributed by atoms with Gasteiger partial charge in [-0.3, -0.25) is 9.78 Å². The number of hydrogen-bond donors (Lipinski definition) is 1. The number of nitrogens with one attached hydrogen (secondary N) is 1. The van der Waals surface area contributed by atoms with Crippen LogP contribution in [0.2, 0.25) is 0 Å². The van der Waals surface area contributed by atoms with Gasteiger partial charge in [0.2, 0.25) is 0 Å². The molecule has 0 aliphatic heterocycles. The fourth-order valence-corrected chi connectivity index (χ4v) is 1.67. The number of carbonyl (C=O) groups excluding carboxylic acids is 1. The van der Waals surface area contributed by atoms with E-state index in [0.29, 0.717) is 11.3 Å². The number of nitrogens with zero attached hydrogens (tertiary/aromatic N) is 2. The Morgan fingerprint density at radius 3 is 2.55 bits per heavy atom. The van der Waals surface area contributed by atoms with Gasteiger partial charge < -0.3 is 0 Å². The molecule has 2 aromatic rings. The highest BCUT2D eigenvalue weighted by Crippen LogP contribution is 2.01. The van der Waals surface area contributed by atoms with Crippen LogP contribution in [-0.4, -0.2) is 16.6 Å². The highest BCUT2D eigenvalue weighted by molar-refractivity contribution is 5.97. The van der Waals surface area contributed by atoms with E-state index in [1.165, 1.54) is 0 Å². The fraction of sp³-hybridized carbons (Fsp3) is 0.0556. The number of carbonyl (C=O) groups is 1. The smallest absolute Gasteiger partial charge is 0.267 e. The van der Waals surface area contributed by atoms with Gasteiger partial charge >= 0.3 is 0 Å². The molecule has 0 aliphatic rings. The summed E-state index contributed by atoms with van der Waals surface area (Å²) in [5.41, 5.74) is 4.87. The Morgan fingerprint density at radius 1 is 1.09 bits per heavy atom. The summed E-state index contributed by atoms with van der Waals surface area (Å²) in [5, 5.41) is 4.02. The Hall–Kier alpha value is -3.01. The summed E-state index contributed by atoms with van der Waals surface area (Å²) in [6, 6.07) is 13.3. The van der Waals surface area contributed by atoms with Gasteiger partial charge in [-0.2, -0.15) is 5.10 Å². The minimum absolute atomic E-state index is 0.255. The molecule has 1 N–H and O–H groups in total. The summed E-state index contributed by atoms with van der Waals surface area (Å²) in [7, 11) is 0. The Kier molecular flexibility index (Phi) is 5.81. The van der Waals surface area contributed by atoms with Gasteiger partial charge in [0, 0.05) is 18.0 Å². The normalized spacial score (nSPS) is 12.0. The fourth-order valence-electron chi connectivity index (χ4n) is 1.67. The van der Waals surface area contributed by atoms with Crippen molar-refractivity contribution < 1.29 is 4.79 Å². The van der Waals surface area contributed by atoms with Gasteiger partial charge in [0.1, 0.15) is 0 Å². The molecule has 0 bridgehead atoms. The van der Waals surface area contributed by atoms with E-state index in [1.54, 1.807) is 24.5 Å². The number of benzene rings is 1. The molecular formula is C18H17N3O. The molecule has 110 valence electrons. The third-order valence-corrected chi connectivity index (χ3v) is 2.81. The van der Waals surface area contributed by atoms with Gasteiger partial charge in [-0.05, 0) is 30.7 Å². The number of allylic oxidation sites excluding steroid dienone is 3. The lowest BCUT2D eigenvalue weighted by atomic mass is 10.2. The molecule has 0 spiro atoms. The van der Waals surface area contributed by atoms with Crippen LogP contribution in [0, 0.1) is 0 Å². The maximum Gasteiger partial charge on any atom is 0.271 e. The molecule has 1 amide bonds. The van der Waals surface area contributed by atoms with Crippen molar-refractivity contribution in [1.29, 1.82) is 0 Å². The van der Waals surface area contributed by atoms with E-state index in [9.17, 15) is 4.79 Å². The SMILES string of the molecule is CC(/C=C/C=C/c1ccccc1)=N/NC(=O)c1ccncc1. The molecule has 0 saturated carbocycles. The van der Waals surface area contributed by atoms with Crippen molar-refractivity contribution in [2.24, 2.45) is 5.10 Å². The Bertz CT molecular complexity index is 689. The molecule has 22 heavy (non-hydrogen) atoms. The third kappa shape index (κ3) is 5.17. The number of hydrogen-bond acceptors (Lipinski definition) is 3. The average molecular weight is 291 g/mol. The zero-order valence-electron chi connectivity index (χ0n) is 12.3. The zero-order chi connectivity index (χ0) is 15.6. The summed E-state index contributed by atoms with van der Waals surface area (Å²) in [5.74, 6) is -0.255. The Morgan fingerprint density at radius 2 is 1.82 bits per heavy atom.